The highest BCUT2D eigenvalue weighted by atomic mass is 32.2. The molecule has 24 heavy (non-hydrogen) atoms. The zero-order valence-corrected chi connectivity index (χ0v) is 14.7. The quantitative estimate of drug-likeness (QED) is 0.669. The van der Waals surface area contributed by atoms with Gasteiger partial charge in [0, 0.05) is 23.2 Å². The highest BCUT2D eigenvalue weighted by Gasteiger charge is 2.06. The average molecular weight is 336 g/mol. The average Bonchev–Trinajstić information content (AvgIpc) is 2.55. The Morgan fingerprint density at radius 3 is 2.75 bits per heavy atom. The lowest BCUT2D eigenvalue weighted by molar-refractivity contribution is -0.115. The second-order valence-corrected chi connectivity index (χ2v) is 6.93. The number of aromatic nitrogens is 1. The lowest BCUT2D eigenvalue weighted by Crippen LogP contribution is -2.12. The molecule has 1 heterocycles. The van der Waals surface area contributed by atoms with E-state index in [-0.39, 0.29) is 5.91 Å². The molecule has 4 heteroatoms. The molecule has 0 saturated carbocycles. The Hall–Kier alpha value is -2.33. The van der Waals surface area contributed by atoms with Gasteiger partial charge in [-0.3, -0.25) is 4.79 Å². The van der Waals surface area contributed by atoms with Gasteiger partial charge in [-0.05, 0) is 49.2 Å². The molecule has 0 bridgehead atoms. The summed E-state index contributed by atoms with van der Waals surface area (Å²) in [6.07, 6.45) is 0.464. The van der Waals surface area contributed by atoms with Crippen LogP contribution in [-0.4, -0.2) is 16.6 Å². The van der Waals surface area contributed by atoms with Crippen LogP contribution in [-0.2, 0) is 4.79 Å². The number of hydrogen-bond donors (Lipinski definition) is 1. The Bertz CT molecular complexity index is 876. The Balaban J connectivity index is 1.57. The molecule has 2 aromatic carbocycles. The van der Waals surface area contributed by atoms with Crippen LogP contribution in [0.25, 0.3) is 10.9 Å². The normalized spacial score (nSPS) is 10.8. The van der Waals surface area contributed by atoms with E-state index in [1.165, 1.54) is 10.9 Å². The highest BCUT2D eigenvalue weighted by Crippen LogP contribution is 2.24. The van der Waals surface area contributed by atoms with Gasteiger partial charge in [-0.15, -0.1) is 11.8 Å². The van der Waals surface area contributed by atoms with Crippen molar-refractivity contribution in [3.8, 4) is 0 Å². The molecule has 0 unspecified atom stereocenters. The van der Waals surface area contributed by atoms with E-state index in [1.54, 1.807) is 11.8 Å². The van der Waals surface area contributed by atoms with Crippen LogP contribution in [0.1, 0.15) is 17.5 Å². The number of thioether (sulfide) groups is 1. The summed E-state index contributed by atoms with van der Waals surface area (Å²) in [4.78, 5) is 16.7. The summed E-state index contributed by atoms with van der Waals surface area (Å²) in [5.41, 5.74) is 4.21. The summed E-state index contributed by atoms with van der Waals surface area (Å²) < 4.78 is 0. The van der Waals surface area contributed by atoms with Crippen molar-refractivity contribution in [3.05, 3.63) is 65.7 Å². The molecule has 0 fully saturated rings. The first-order valence-electron chi connectivity index (χ1n) is 7.97. The van der Waals surface area contributed by atoms with E-state index in [1.807, 2.05) is 49.4 Å². The van der Waals surface area contributed by atoms with Gasteiger partial charge in [-0.25, -0.2) is 4.98 Å². The zero-order chi connectivity index (χ0) is 16.9. The van der Waals surface area contributed by atoms with Crippen molar-refractivity contribution in [1.82, 2.24) is 4.98 Å². The molecule has 1 N–H and O–H groups in total. The molecular formula is C20H20N2OS. The summed E-state index contributed by atoms with van der Waals surface area (Å²) >= 11 is 1.62. The number of para-hydroxylation sites is 1. The third kappa shape index (κ3) is 4.15. The SMILES string of the molecule is Cc1cccc(NC(=O)CCSc2cc(C)c3ccccc3n2)c1. The number of fused-ring (bicyclic) bond motifs is 1. The molecule has 0 radical (unpaired) electrons. The molecule has 0 atom stereocenters. The van der Waals surface area contributed by atoms with E-state index in [0.29, 0.717) is 12.2 Å². The number of pyridine rings is 1. The van der Waals surface area contributed by atoms with Crippen LogP contribution in [0.3, 0.4) is 0 Å². The number of aryl methyl sites for hydroxylation is 2. The van der Waals surface area contributed by atoms with Crippen LogP contribution in [0.2, 0.25) is 0 Å². The first kappa shape index (κ1) is 16.5. The van der Waals surface area contributed by atoms with Gasteiger partial charge in [-0.1, -0.05) is 30.3 Å². The number of amides is 1. The number of anilines is 1. The number of carbonyl (C=O) groups excluding carboxylic acids is 1. The predicted octanol–water partition coefficient (Wildman–Crippen LogP) is 4.97. The topological polar surface area (TPSA) is 42.0 Å². The summed E-state index contributed by atoms with van der Waals surface area (Å²) in [7, 11) is 0. The molecule has 1 aromatic heterocycles. The van der Waals surface area contributed by atoms with E-state index in [0.717, 1.165) is 21.8 Å². The van der Waals surface area contributed by atoms with Gasteiger partial charge in [-0.2, -0.15) is 0 Å². The lowest BCUT2D eigenvalue weighted by atomic mass is 10.1. The number of hydrogen-bond acceptors (Lipinski definition) is 3. The van der Waals surface area contributed by atoms with Crippen molar-refractivity contribution in [1.29, 1.82) is 0 Å². The third-order valence-corrected chi connectivity index (χ3v) is 4.69. The van der Waals surface area contributed by atoms with E-state index >= 15 is 0 Å². The van der Waals surface area contributed by atoms with E-state index in [4.69, 9.17) is 0 Å². The predicted molar refractivity (Wildman–Crippen MR) is 102 cm³/mol. The molecule has 0 aliphatic carbocycles. The van der Waals surface area contributed by atoms with Gasteiger partial charge >= 0.3 is 0 Å². The van der Waals surface area contributed by atoms with Crippen molar-refractivity contribution >= 4 is 34.3 Å². The van der Waals surface area contributed by atoms with Gasteiger partial charge in [0.1, 0.15) is 0 Å². The molecule has 1 amide bonds. The van der Waals surface area contributed by atoms with Crippen molar-refractivity contribution in [2.45, 2.75) is 25.3 Å². The van der Waals surface area contributed by atoms with Gasteiger partial charge in [0.15, 0.2) is 0 Å². The van der Waals surface area contributed by atoms with E-state index in [9.17, 15) is 4.79 Å². The smallest absolute Gasteiger partial charge is 0.225 e. The van der Waals surface area contributed by atoms with Gasteiger partial charge in [0.05, 0.1) is 10.5 Å². The van der Waals surface area contributed by atoms with Crippen LogP contribution >= 0.6 is 11.8 Å². The van der Waals surface area contributed by atoms with Crippen LogP contribution in [0, 0.1) is 13.8 Å². The Labute approximate surface area is 146 Å². The minimum absolute atomic E-state index is 0.0330. The molecule has 3 rings (SSSR count). The van der Waals surface area contributed by atoms with E-state index < -0.39 is 0 Å². The largest absolute Gasteiger partial charge is 0.326 e. The monoisotopic (exact) mass is 336 g/mol. The molecule has 3 nitrogen and oxygen atoms in total. The van der Waals surface area contributed by atoms with E-state index in [2.05, 4.69) is 29.4 Å². The second-order valence-electron chi connectivity index (χ2n) is 5.81. The number of carbonyl (C=O) groups is 1. The van der Waals surface area contributed by atoms with Crippen LogP contribution < -0.4 is 5.32 Å². The first-order valence-corrected chi connectivity index (χ1v) is 8.96. The van der Waals surface area contributed by atoms with Crippen molar-refractivity contribution in [2.24, 2.45) is 0 Å². The number of rotatable bonds is 5. The maximum absolute atomic E-state index is 12.0. The summed E-state index contributed by atoms with van der Waals surface area (Å²) in [5.74, 6) is 0.744. The van der Waals surface area contributed by atoms with Crippen LogP contribution in [0.4, 0.5) is 5.69 Å². The fourth-order valence-electron chi connectivity index (χ4n) is 2.59. The zero-order valence-electron chi connectivity index (χ0n) is 13.9. The molecule has 0 aliphatic heterocycles. The number of nitrogens with zero attached hydrogens (tertiary/aromatic N) is 1. The minimum atomic E-state index is 0.0330. The summed E-state index contributed by atoms with van der Waals surface area (Å²) in [6.45, 7) is 4.11. The fraction of sp³-hybridized carbons (Fsp3) is 0.200. The second kappa shape index (κ2) is 7.49. The molecule has 0 saturated heterocycles. The van der Waals surface area contributed by atoms with Crippen molar-refractivity contribution < 1.29 is 4.79 Å². The maximum Gasteiger partial charge on any atom is 0.225 e. The highest BCUT2D eigenvalue weighted by molar-refractivity contribution is 7.99. The maximum atomic E-state index is 12.0. The van der Waals surface area contributed by atoms with Crippen molar-refractivity contribution in [3.63, 3.8) is 0 Å². The van der Waals surface area contributed by atoms with Crippen molar-refractivity contribution in [2.75, 3.05) is 11.1 Å². The standard InChI is InChI=1S/C20H20N2OS/c1-14-6-5-7-16(12-14)21-19(23)10-11-24-20-13-15(2)17-8-3-4-9-18(17)22-20/h3-9,12-13H,10-11H2,1-2H3,(H,21,23). The van der Waals surface area contributed by atoms with Crippen LogP contribution in [0.15, 0.2) is 59.6 Å². The summed E-state index contributed by atoms with van der Waals surface area (Å²) in [5, 5.41) is 5.08. The molecule has 122 valence electrons. The number of nitrogens with one attached hydrogen (secondary N) is 1. The Kier molecular flexibility index (Phi) is 5.16. The van der Waals surface area contributed by atoms with Gasteiger partial charge < -0.3 is 5.32 Å². The minimum Gasteiger partial charge on any atom is -0.326 e. The lowest BCUT2D eigenvalue weighted by Gasteiger charge is -2.07. The molecule has 0 spiro atoms. The van der Waals surface area contributed by atoms with Crippen LogP contribution in [0.5, 0.6) is 0 Å². The Morgan fingerprint density at radius 2 is 1.92 bits per heavy atom. The summed E-state index contributed by atoms with van der Waals surface area (Å²) in [6, 6.07) is 18.1. The number of benzene rings is 2. The third-order valence-electron chi connectivity index (χ3n) is 3.78. The van der Waals surface area contributed by atoms with Gasteiger partial charge in [0.25, 0.3) is 0 Å². The van der Waals surface area contributed by atoms with Gasteiger partial charge in [0.2, 0.25) is 5.91 Å². The fourth-order valence-corrected chi connectivity index (χ4v) is 3.51. The molecular weight excluding hydrogens is 316 g/mol. The molecule has 3 aromatic rings. The Morgan fingerprint density at radius 1 is 1.08 bits per heavy atom. The molecule has 0 aliphatic rings. The first-order chi connectivity index (χ1) is 11.6.